The largest absolute Gasteiger partial charge is 0.355 e. The second-order valence-electron chi connectivity index (χ2n) is 5.24. The molecule has 0 aliphatic carbocycles. The lowest BCUT2D eigenvalue weighted by Crippen LogP contribution is -2.08. The van der Waals surface area contributed by atoms with Crippen molar-refractivity contribution < 1.29 is 4.52 Å². The maximum absolute atomic E-state index is 12.3. The molecule has 4 aromatic rings. The van der Waals surface area contributed by atoms with Gasteiger partial charge in [0.1, 0.15) is 5.39 Å². The Morgan fingerprint density at radius 3 is 2.87 bits per heavy atom. The molecule has 0 unspecified atom stereocenters. The zero-order valence-corrected chi connectivity index (χ0v) is 12.3. The zero-order valence-electron chi connectivity index (χ0n) is 12.3. The van der Waals surface area contributed by atoms with Crippen LogP contribution in [0.2, 0.25) is 0 Å². The van der Waals surface area contributed by atoms with Crippen molar-refractivity contribution in [1.82, 2.24) is 20.1 Å². The number of pyridine rings is 3. The third kappa shape index (κ3) is 2.20. The van der Waals surface area contributed by atoms with Crippen LogP contribution in [-0.4, -0.2) is 20.1 Å². The van der Waals surface area contributed by atoms with E-state index in [4.69, 9.17) is 4.52 Å². The number of fused-ring (bicyclic) bond motifs is 1. The molecule has 23 heavy (non-hydrogen) atoms. The first-order chi connectivity index (χ1) is 11.2. The van der Waals surface area contributed by atoms with E-state index in [1.165, 1.54) is 6.20 Å². The van der Waals surface area contributed by atoms with E-state index in [0.717, 1.165) is 16.7 Å². The molecular weight excluding hydrogens is 292 g/mol. The number of hydrogen-bond acceptors (Lipinski definition) is 5. The van der Waals surface area contributed by atoms with Gasteiger partial charge in [-0.1, -0.05) is 11.2 Å². The van der Waals surface area contributed by atoms with Gasteiger partial charge in [-0.15, -0.1) is 0 Å². The summed E-state index contributed by atoms with van der Waals surface area (Å²) in [5.74, 6) is 0. The van der Waals surface area contributed by atoms with E-state index in [1.54, 1.807) is 18.6 Å². The lowest BCUT2D eigenvalue weighted by atomic mass is 10.0. The molecule has 6 heteroatoms. The van der Waals surface area contributed by atoms with Crippen molar-refractivity contribution in [1.29, 1.82) is 0 Å². The average molecular weight is 304 g/mol. The van der Waals surface area contributed by atoms with Gasteiger partial charge in [0.05, 0.1) is 23.1 Å². The Morgan fingerprint density at radius 1 is 1.17 bits per heavy atom. The minimum absolute atomic E-state index is 0.258. The molecule has 0 fully saturated rings. The Bertz CT molecular complexity index is 1050. The fourth-order valence-corrected chi connectivity index (χ4v) is 2.61. The zero-order chi connectivity index (χ0) is 15.8. The molecule has 6 nitrogen and oxygen atoms in total. The van der Waals surface area contributed by atoms with Gasteiger partial charge < -0.3 is 9.51 Å². The van der Waals surface area contributed by atoms with Crippen LogP contribution in [0.15, 0.2) is 58.4 Å². The first-order valence-electron chi connectivity index (χ1n) is 7.08. The monoisotopic (exact) mass is 304 g/mol. The smallest absolute Gasteiger partial charge is 0.261 e. The third-order valence-electron chi connectivity index (χ3n) is 3.62. The predicted molar refractivity (Wildman–Crippen MR) is 85.8 cm³/mol. The molecule has 0 aromatic carbocycles. The van der Waals surface area contributed by atoms with Crippen molar-refractivity contribution in [3.63, 3.8) is 0 Å². The van der Waals surface area contributed by atoms with Gasteiger partial charge in [0.15, 0.2) is 5.58 Å². The van der Waals surface area contributed by atoms with Crippen LogP contribution in [0, 0.1) is 6.92 Å². The Balaban J connectivity index is 2.14. The summed E-state index contributed by atoms with van der Waals surface area (Å²) < 4.78 is 5.36. The molecule has 0 spiro atoms. The molecule has 4 heterocycles. The third-order valence-corrected chi connectivity index (χ3v) is 3.62. The molecule has 112 valence electrons. The Kier molecular flexibility index (Phi) is 3.01. The highest BCUT2D eigenvalue weighted by Crippen LogP contribution is 2.34. The molecule has 0 bridgehead atoms. The molecule has 0 amide bonds. The van der Waals surface area contributed by atoms with Gasteiger partial charge in [0.25, 0.3) is 5.56 Å². The Labute approximate surface area is 130 Å². The van der Waals surface area contributed by atoms with E-state index >= 15 is 0 Å². The van der Waals surface area contributed by atoms with E-state index in [-0.39, 0.29) is 5.56 Å². The van der Waals surface area contributed by atoms with E-state index in [1.807, 2.05) is 31.2 Å². The van der Waals surface area contributed by atoms with Crippen LogP contribution in [0.25, 0.3) is 33.5 Å². The minimum atomic E-state index is -0.258. The van der Waals surface area contributed by atoms with Crippen LogP contribution in [0.3, 0.4) is 0 Å². The highest BCUT2D eigenvalue weighted by atomic mass is 16.5. The molecule has 4 rings (SSSR count). The Hall–Kier alpha value is -3.28. The lowest BCUT2D eigenvalue weighted by Gasteiger charge is -2.09. The molecular formula is C17H12N4O2. The van der Waals surface area contributed by atoms with E-state index in [2.05, 4.69) is 20.1 Å². The molecule has 0 saturated carbocycles. The number of aryl methyl sites for hydroxylation is 1. The molecule has 0 atom stereocenters. The van der Waals surface area contributed by atoms with Crippen LogP contribution >= 0.6 is 0 Å². The number of hydrogen-bond donors (Lipinski definition) is 1. The molecule has 4 aromatic heterocycles. The van der Waals surface area contributed by atoms with Gasteiger partial charge >= 0.3 is 0 Å². The van der Waals surface area contributed by atoms with Crippen LogP contribution in [0.5, 0.6) is 0 Å². The molecule has 0 radical (unpaired) electrons. The molecule has 0 aliphatic rings. The van der Waals surface area contributed by atoms with Crippen LogP contribution < -0.4 is 5.56 Å². The van der Waals surface area contributed by atoms with Gasteiger partial charge in [0, 0.05) is 24.2 Å². The number of aromatic nitrogens is 4. The van der Waals surface area contributed by atoms with Crippen molar-refractivity contribution in [2.75, 3.05) is 0 Å². The normalized spacial score (nSPS) is 11.0. The van der Waals surface area contributed by atoms with Crippen molar-refractivity contribution in [3.8, 4) is 22.5 Å². The van der Waals surface area contributed by atoms with Crippen LogP contribution in [0.1, 0.15) is 5.56 Å². The van der Waals surface area contributed by atoms with Crippen molar-refractivity contribution in [2.24, 2.45) is 0 Å². The van der Waals surface area contributed by atoms with Gasteiger partial charge in [0.2, 0.25) is 0 Å². The summed E-state index contributed by atoms with van der Waals surface area (Å²) in [6, 6.07) is 7.50. The van der Waals surface area contributed by atoms with Gasteiger partial charge in [-0.05, 0) is 30.7 Å². The summed E-state index contributed by atoms with van der Waals surface area (Å²) in [6.45, 7) is 1.96. The summed E-state index contributed by atoms with van der Waals surface area (Å²) in [5, 5.41) is 4.17. The van der Waals surface area contributed by atoms with E-state index < -0.39 is 0 Å². The summed E-state index contributed by atoms with van der Waals surface area (Å²) in [4.78, 5) is 23.8. The lowest BCUT2D eigenvalue weighted by molar-refractivity contribution is 0.457. The molecule has 0 aliphatic heterocycles. The van der Waals surface area contributed by atoms with Crippen LogP contribution in [-0.2, 0) is 0 Å². The molecule has 0 saturated heterocycles. The number of nitrogens with zero attached hydrogens (tertiary/aromatic N) is 3. The van der Waals surface area contributed by atoms with Gasteiger partial charge in [-0.3, -0.25) is 14.8 Å². The fourth-order valence-electron chi connectivity index (χ4n) is 2.61. The molecule has 1 N–H and O–H groups in total. The predicted octanol–water partition coefficient (Wildman–Crippen LogP) is 2.95. The maximum Gasteiger partial charge on any atom is 0.261 e. The fraction of sp³-hybridized carbons (Fsp3) is 0.0588. The van der Waals surface area contributed by atoms with Gasteiger partial charge in [-0.25, -0.2) is 0 Å². The second-order valence-corrected chi connectivity index (χ2v) is 5.24. The first kappa shape index (κ1) is 13.4. The number of aromatic amines is 1. The van der Waals surface area contributed by atoms with Crippen LogP contribution in [0.4, 0.5) is 0 Å². The van der Waals surface area contributed by atoms with Crippen molar-refractivity contribution in [2.45, 2.75) is 6.92 Å². The number of rotatable bonds is 2. The van der Waals surface area contributed by atoms with Crippen molar-refractivity contribution >= 4 is 11.0 Å². The summed E-state index contributed by atoms with van der Waals surface area (Å²) >= 11 is 0. The highest BCUT2D eigenvalue weighted by molar-refractivity contribution is 5.97. The Morgan fingerprint density at radius 2 is 2.09 bits per heavy atom. The number of nitrogens with one attached hydrogen (secondary N) is 1. The topological polar surface area (TPSA) is 84.7 Å². The van der Waals surface area contributed by atoms with E-state index in [0.29, 0.717) is 22.4 Å². The van der Waals surface area contributed by atoms with Gasteiger partial charge in [-0.2, -0.15) is 0 Å². The minimum Gasteiger partial charge on any atom is -0.355 e. The number of H-pyrrole nitrogens is 1. The average Bonchev–Trinajstić information content (AvgIpc) is 3.05. The van der Waals surface area contributed by atoms with Crippen molar-refractivity contribution in [3.05, 3.63) is 65.0 Å². The maximum atomic E-state index is 12.3. The summed E-state index contributed by atoms with van der Waals surface area (Å²) in [5.41, 5.74) is 3.99. The summed E-state index contributed by atoms with van der Waals surface area (Å²) in [7, 11) is 0. The van der Waals surface area contributed by atoms with E-state index in [9.17, 15) is 4.79 Å². The SMILES string of the molecule is Cc1cncc(-c2c(-c3ccccn3)[nH]c(=O)c3cnoc23)c1. The standard InChI is InChI=1S/C17H12N4O2/c1-10-6-11(8-18-7-10)14-15(13-4-2-3-5-19-13)21-17(22)12-9-20-23-16(12)14/h2-9H,1H3,(H,21,22). The second kappa shape index (κ2) is 5.17. The highest BCUT2D eigenvalue weighted by Gasteiger charge is 2.19. The summed E-state index contributed by atoms with van der Waals surface area (Å²) in [6.07, 6.45) is 6.60. The first-order valence-corrected chi connectivity index (χ1v) is 7.08. The quantitative estimate of drug-likeness (QED) is 0.615.